The SMILES string of the molecule is CNC(c1ccc(F)c(OC)c1)c1c(C)cc(F)cc1C. The molecule has 2 nitrogen and oxygen atoms in total. The average molecular weight is 291 g/mol. The van der Waals surface area contributed by atoms with Crippen LogP contribution in [0.3, 0.4) is 0 Å². The Balaban J connectivity index is 2.55. The number of benzene rings is 2. The van der Waals surface area contributed by atoms with Crippen molar-refractivity contribution < 1.29 is 13.5 Å². The van der Waals surface area contributed by atoms with Gasteiger partial charge in [-0.2, -0.15) is 0 Å². The number of halogens is 2. The van der Waals surface area contributed by atoms with Gasteiger partial charge in [-0.15, -0.1) is 0 Å². The summed E-state index contributed by atoms with van der Waals surface area (Å²) in [5, 5.41) is 3.21. The van der Waals surface area contributed by atoms with Crippen LogP contribution in [0.25, 0.3) is 0 Å². The van der Waals surface area contributed by atoms with E-state index in [4.69, 9.17) is 4.74 Å². The fourth-order valence-corrected chi connectivity index (χ4v) is 2.71. The molecule has 4 heteroatoms. The lowest BCUT2D eigenvalue weighted by atomic mass is 9.91. The van der Waals surface area contributed by atoms with Crippen LogP contribution in [0, 0.1) is 25.5 Å². The van der Waals surface area contributed by atoms with Crippen molar-refractivity contribution in [1.82, 2.24) is 5.32 Å². The van der Waals surface area contributed by atoms with Crippen molar-refractivity contribution in [3.05, 3.63) is 64.2 Å². The summed E-state index contributed by atoms with van der Waals surface area (Å²) in [6.07, 6.45) is 0. The number of nitrogens with one attached hydrogen (secondary N) is 1. The van der Waals surface area contributed by atoms with Crippen molar-refractivity contribution in [3.8, 4) is 5.75 Å². The maximum atomic E-state index is 13.6. The van der Waals surface area contributed by atoms with Crippen LogP contribution in [0.1, 0.15) is 28.3 Å². The zero-order valence-corrected chi connectivity index (χ0v) is 12.6. The second-order valence-corrected chi connectivity index (χ2v) is 5.07. The van der Waals surface area contributed by atoms with E-state index in [0.29, 0.717) is 0 Å². The summed E-state index contributed by atoms with van der Waals surface area (Å²) in [6, 6.07) is 7.62. The van der Waals surface area contributed by atoms with Crippen LogP contribution in [-0.2, 0) is 0 Å². The lowest BCUT2D eigenvalue weighted by molar-refractivity contribution is 0.385. The number of aryl methyl sites for hydroxylation is 2. The molecule has 2 aromatic rings. The van der Waals surface area contributed by atoms with Crippen LogP contribution in [0.15, 0.2) is 30.3 Å². The number of methoxy groups -OCH3 is 1. The number of rotatable bonds is 4. The number of hydrogen-bond acceptors (Lipinski definition) is 2. The zero-order valence-electron chi connectivity index (χ0n) is 12.6. The van der Waals surface area contributed by atoms with Gasteiger partial charge in [0.15, 0.2) is 11.6 Å². The molecule has 2 aromatic carbocycles. The minimum atomic E-state index is -0.399. The van der Waals surface area contributed by atoms with Gasteiger partial charge in [0.1, 0.15) is 5.82 Å². The van der Waals surface area contributed by atoms with Crippen molar-refractivity contribution in [2.45, 2.75) is 19.9 Å². The third-order valence-electron chi connectivity index (χ3n) is 3.64. The molecule has 0 fully saturated rings. The van der Waals surface area contributed by atoms with Crippen LogP contribution in [0.2, 0.25) is 0 Å². The smallest absolute Gasteiger partial charge is 0.165 e. The maximum Gasteiger partial charge on any atom is 0.165 e. The Morgan fingerprint density at radius 1 is 1.05 bits per heavy atom. The largest absolute Gasteiger partial charge is 0.494 e. The molecule has 0 spiro atoms. The highest BCUT2D eigenvalue weighted by molar-refractivity contribution is 5.44. The van der Waals surface area contributed by atoms with Gasteiger partial charge in [0.2, 0.25) is 0 Å². The first-order valence-electron chi connectivity index (χ1n) is 6.75. The summed E-state index contributed by atoms with van der Waals surface area (Å²) in [5.41, 5.74) is 3.58. The molecule has 0 amide bonds. The van der Waals surface area contributed by atoms with Crippen LogP contribution in [-0.4, -0.2) is 14.2 Å². The van der Waals surface area contributed by atoms with Crippen molar-refractivity contribution in [3.63, 3.8) is 0 Å². The molecule has 0 aliphatic carbocycles. The highest BCUT2D eigenvalue weighted by atomic mass is 19.1. The number of ether oxygens (including phenoxy) is 1. The molecule has 1 N–H and O–H groups in total. The molecule has 0 aromatic heterocycles. The Bertz CT molecular complexity index is 632. The molecule has 0 saturated heterocycles. The first kappa shape index (κ1) is 15.4. The fraction of sp³-hybridized carbons (Fsp3) is 0.294. The summed E-state index contributed by atoms with van der Waals surface area (Å²) in [4.78, 5) is 0. The Morgan fingerprint density at radius 3 is 2.19 bits per heavy atom. The normalized spacial score (nSPS) is 12.3. The van der Waals surface area contributed by atoms with E-state index in [1.54, 1.807) is 12.1 Å². The predicted molar refractivity (Wildman–Crippen MR) is 79.7 cm³/mol. The highest BCUT2D eigenvalue weighted by Gasteiger charge is 2.19. The molecule has 1 atom stereocenters. The quantitative estimate of drug-likeness (QED) is 0.922. The molecule has 0 radical (unpaired) electrons. The monoisotopic (exact) mass is 291 g/mol. The van der Waals surface area contributed by atoms with Gasteiger partial charge in [-0.05, 0) is 67.4 Å². The van der Waals surface area contributed by atoms with Gasteiger partial charge >= 0.3 is 0 Å². The highest BCUT2D eigenvalue weighted by Crippen LogP contribution is 2.31. The Hall–Kier alpha value is -1.94. The molecule has 0 aliphatic rings. The van der Waals surface area contributed by atoms with Gasteiger partial charge in [-0.25, -0.2) is 8.78 Å². The average Bonchev–Trinajstić information content (AvgIpc) is 2.43. The van der Waals surface area contributed by atoms with Gasteiger partial charge in [0.05, 0.1) is 13.2 Å². The Morgan fingerprint density at radius 2 is 1.67 bits per heavy atom. The van der Waals surface area contributed by atoms with Crippen LogP contribution >= 0.6 is 0 Å². The van der Waals surface area contributed by atoms with E-state index >= 15 is 0 Å². The van der Waals surface area contributed by atoms with E-state index in [0.717, 1.165) is 22.3 Å². The molecule has 0 heterocycles. The molecule has 0 saturated carbocycles. The first-order chi connectivity index (χ1) is 9.97. The third-order valence-corrected chi connectivity index (χ3v) is 3.64. The van der Waals surface area contributed by atoms with Crippen LogP contribution in [0.4, 0.5) is 8.78 Å². The second-order valence-electron chi connectivity index (χ2n) is 5.07. The van der Waals surface area contributed by atoms with E-state index in [-0.39, 0.29) is 17.6 Å². The van der Waals surface area contributed by atoms with Crippen molar-refractivity contribution in [2.75, 3.05) is 14.2 Å². The second kappa shape index (κ2) is 6.22. The lowest BCUT2D eigenvalue weighted by Crippen LogP contribution is -2.20. The van der Waals surface area contributed by atoms with Crippen LogP contribution in [0.5, 0.6) is 5.75 Å². The summed E-state index contributed by atoms with van der Waals surface area (Å²) in [7, 11) is 3.26. The van der Waals surface area contributed by atoms with E-state index in [1.165, 1.54) is 25.3 Å². The molecular weight excluding hydrogens is 272 g/mol. The van der Waals surface area contributed by atoms with Crippen LogP contribution < -0.4 is 10.1 Å². The minimum Gasteiger partial charge on any atom is -0.494 e. The summed E-state index contributed by atoms with van der Waals surface area (Å²) in [5.74, 6) is -0.450. The summed E-state index contributed by atoms with van der Waals surface area (Å²) >= 11 is 0. The predicted octanol–water partition coefficient (Wildman–Crippen LogP) is 3.90. The van der Waals surface area contributed by atoms with Gasteiger partial charge < -0.3 is 10.1 Å². The lowest BCUT2D eigenvalue weighted by Gasteiger charge is -2.22. The Labute approximate surface area is 123 Å². The van der Waals surface area contributed by atoms with E-state index in [2.05, 4.69) is 5.32 Å². The summed E-state index contributed by atoms with van der Waals surface area (Å²) < 4.78 is 32.0. The molecule has 2 rings (SSSR count). The van der Waals surface area contributed by atoms with Gasteiger partial charge in [0.25, 0.3) is 0 Å². The fourth-order valence-electron chi connectivity index (χ4n) is 2.71. The number of hydrogen-bond donors (Lipinski definition) is 1. The molecule has 21 heavy (non-hydrogen) atoms. The standard InChI is InChI=1S/C17H19F2NO/c1-10-7-13(18)8-11(2)16(10)17(20-3)12-5-6-14(19)15(9-12)21-4/h5-9,17,20H,1-4H3. The maximum absolute atomic E-state index is 13.6. The molecule has 112 valence electrons. The van der Waals surface area contributed by atoms with Gasteiger partial charge in [-0.1, -0.05) is 6.07 Å². The molecule has 1 unspecified atom stereocenters. The molecular formula is C17H19F2NO. The van der Waals surface area contributed by atoms with Gasteiger partial charge in [0, 0.05) is 0 Å². The molecule has 0 aliphatic heterocycles. The zero-order chi connectivity index (χ0) is 15.6. The van der Waals surface area contributed by atoms with Crippen molar-refractivity contribution in [1.29, 1.82) is 0 Å². The van der Waals surface area contributed by atoms with Gasteiger partial charge in [-0.3, -0.25) is 0 Å². The summed E-state index contributed by atoms with van der Waals surface area (Å²) in [6.45, 7) is 3.74. The van der Waals surface area contributed by atoms with Crippen molar-refractivity contribution >= 4 is 0 Å². The topological polar surface area (TPSA) is 21.3 Å². The van der Waals surface area contributed by atoms with E-state index in [1.807, 2.05) is 20.9 Å². The third kappa shape index (κ3) is 3.05. The van der Waals surface area contributed by atoms with Crippen molar-refractivity contribution in [2.24, 2.45) is 0 Å². The minimum absolute atomic E-state index is 0.153. The Kier molecular flexibility index (Phi) is 4.58. The van der Waals surface area contributed by atoms with E-state index in [9.17, 15) is 8.78 Å². The first-order valence-corrected chi connectivity index (χ1v) is 6.75. The van der Waals surface area contributed by atoms with E-state index < -0.39 is 5.82 Å². The molecule has 0 bridgehead atoms.